The second-order valence-corrected chi connectivity index (χ2v) is 10.9. The summed E-state index contributed by atoms with van der Waals surface area (Å²) in [4.78, 5) is 47.0. The van der Waals surface area contributed by atoms with Gasteiger partial charge in [0.05, 0.1) is 30.1 Å². The first-order valence-electron chi connectivity index (χ1n) is 12.6. The van der Waals surface area contributed by atoms with Crippen LogP contribution in [0, 0.1) is 17.8 Å². The van der Waals surface area contributed by atoms with Crippen LogP contribution in [0.25, 0.3) is 0 Å². The molecule has 0 aromatic heterocycles. The predicted molar refractivity (Wildman–Crippen MR) is 128 cm³/mol. The molecule has 0 aromatic rings. The van der Waals surface area contributed by atoms with E-state index in [0.29, 0.717) is 13.1 Å². The van der Waals surface area contributed by atoms with E-state index in [2.05, 4.69) is 6.92 Å². The van der Waals surface area contributed by atoms with E-state index < -0.39 is 35.1 Å². The zero-order valence-electron chi connectivity index (χ0n) is 21.2. The van der Waals surface area contributed by atoms with E-state index in [0.717, 1.165) is 12.8 Å². The van der Waals surface area contributed by atoms with Crippen molar-refractivity contribution in [1.29, 1.82) is 0 Å². The van der Waals surface area contributed by atoms with Gasteiger partial charge in [0.15, 0.2) is 0 Å². The highest BCUT2D eigenvalue weighted by Crippen LogP contribution is 2.58. The number of hydrogen-bond donors (Lipinski definition) is 1. The predicted octanol–water partition coefficient (Wildman–Crippen LogP) is 1.59. The van der Waals surface area contributed by atoms with Crippen molar-refractivity contribution < 1.29 is 24.2 Å². The van der Waals surface area contributed by atoms with Gasteiger partial charge in [-0.15, -0.1) is 0 Å². The van der Waals surface area contributed by atoms with Gasteiger partial charge < -0.3 is 24.5 Å². The van der Waals surface area contributed by atoms with Gasteiger partial charge in [0, 0.05) is 26.2 Å². The summed E-state index contributed by atoms with van der Waals surface area (Å²) in [7, 11) is 1.73. The average molecular weight is 474 g/mol. The maximum Gasteiger partial charge on any atom is 0.249 e. The zero-order chi connectivity index (χ0) is 25.0. The Morgan fingerprint density at radius 1 is 1.06 bits per heavy atom. The first-order chi connectivity index (χ1) is 16.0. The Balaban J connectivity index is 1.90. The van der Waals surface area contributed by atoms with Gasteiger partial charge in [-0.05, 0) is 26.2 Å². The summed E-state index contributed by atoms with van der Waals surface area (Å²) in [5.41, 5.74) is -2.28. The van der Waals surface area contributed by atoms with Crippen molar-refractivity contribution in [2.45, 2.75) is 76.8 Å². The lowest BCUT2D eigenvalue weighted by Crippen LogP contribution is -2.60. The van der Waals surface area contributed by atoms with Gasteiger partial charge in [0.25, 0.3) is 0 Å². The van der Waals surface area contributed by atoms with Crippen LogP contribution >= 0.6 is 0 Å². The molecule has 34 heavy (non-hydrogen) atoms. The Kier molecular flexibility index (Phi) is 6.44. The third-order valence-electron chi connectivity index (χ3n) is 8.28. The molecule has 1 spiro atoms. The summed E-state index contributed by atoms with van der Waals surface area (Å²) >= 11 is 0. The smallest absolute Gasteiger partial charge is 0.249 e. The quantitative estimate of drug-likeness (QED) is 0.592. The highest BCUT2D eigenvalue weighted by atomic mass is 16.5. The molecule has 0 aromatic carbocycles. The molecule has 2 unspecified atom stereocenters. The fraction of sp³-hybridized carbons (Fsp3) is 0.731. The summed E-state index contributed by atoms with van der Waals surface area (Å²) in [5, 5.41) is 10.3. The number of hydrogen-bond acceptors (Lipinski definition) is 5. The van der Waals surface area contributed by atoms with Crippen LogP contribution in [0.5, 0.6) is 0 Å². The van der Waals surface area contributed by atoms with Crippen LogP contribution in [-0.4, -0.2) is 93.6 Å². The molecule has 0 aliphatic carbocycles. The largest absolute Gasteiger partial charge is 0.394 e. The van der Waals surface area contributed by atoms with E-state index >= 15 is 0 Å². The van der Waals surface area contributed by atoms with E-state index in [-0.39, 0.29) is 36.3 Å². The Morgan fingerprint density at radius 3 is 2.35 bits per heavy atom. The van der Waals surface area contributed by atoms with Gasteiger partial charge in [-0.25, -0.2) is 0 Å². The Morgan fingerprint density at radius 2 is 1.74 bits per heavy atom. The SMILES string of the molecule is CCCC(C)N1CC=C[C@]23O[C@@]4(C)C=CCN(C)C(=O)[C@H]4[C@H]2C(=O)N([C@@H](CO)C(C)C)C3C1=O. The summed E-state index contributed by atoms with van der Waals surface area (Å²) in [5.74, 6) is -2.29. The average Bonchev–Trinajstić information content (AvgIpc) is 3.04. The number of nitrogens with zero attached hydrogens (tertiary/aromatic N) is 3. The molecule has 3 amide bonds. The van der Waals surface area contributed by atoms with Crippen molar-refractivity contribution in [1.82, 2.24) is 14.7 Å². The number of aliphatic hydroxyl groups is 1. The summed E-state index contributed by atoms with van der Waals surface area (Å²) < 4.78 is 6.77. The molecular weight excluding hydrogens is 434 g/mol. The van der Waals surface area contributed by atoms with E-state index in [1.807, 2.05) is 56.9 Å². The number of likely N-dealkylation sites (N-methyl/N-ethyl adjacent to an activating group) is 1. The molecule has 2 fully saturated rings. The summed E-state index contributed by atoms with van der Waals surface area (Å²) in [6.45, 7) is 10.4. The molecule has 4 aliphatic heterocycles. The van der Waals surface area contributed by atoms with Crippen LogP contribution in [0.3, 0.4) is 0 Å². The highest BCUT2D eigenvalue weighted by molar-refractivity contribution is 6.00. The van der Waals surface area contributed by atoms with Crippen LogP contribution in [0.15, 0.2) is 24.3 Å². The standard InChI is InChI=1S/C26H39N3O5/c1-7-10-17(4)28-14-9-12-26-20(19-22(31)27(6)13-8-11-25(19,5)34-26)23(32)29(21(26)24(28)33)18(15-30)16(2)3/h8-9,11-12,16-21,30H,7,10,13-15H2,1-6H3/t17?,18-,19+,20-,21?,25-,26-/m0/s1. The molecule has 0 radical (unpaired) electrons. The minimum absolute atomic E-state index is 0.00458. The molecule has 0 bridgehead atoms. The van der Waals surface area contributed by atoms with Crippen LogP contribution in [0.1, 0.15) is 47.5 Å². The second kappa shape index (κ2) is 8.79. The molecule has 4 heterocycles. The lowest BCUT2D eigenvalue weighted by molar-refractivity contribution is -0.157. The van der Waals surface area contributed by atoms with Crippen molar-refractivity contribution in [3.05, 3.63) is 24.3 Å². The third-order valence-corrected chi connectivity index (χ3v) is 8.28. The van der Waals surface area contributed by atoms with Crippen molar-refractivity contribution >= 4 is 17.7 Å². The monoisotopic (exact) mass is 473 g/mol. The van der Waals surface area contributed by atoms with Crippen molar-refractivity contribution in [3.63, 3.8) is 0 Å². The number of carbonyl (C=O) groups excluding carboxylic acids is 3. The number of carbonyl (C=O) groups is 3. The molecular formula is C26H39N3O5. The highest BCUT2D eigenvalue weighted by Gasteiger charge is 2.75. The number of rotatable bonds is 6. The Labute approximate surface area is 202 Å². The first-order valence-corrected chi connectivity index (χ1v) is 12.6. The number of ether oxygens (including phenoxy) is 1. The maximum absolute atomic E-state index is 14.2. The zero-order valence-corrected chi connectivity index (χ0v) is 21.2. The molecule has 4 rings (SSSR count). The third kappa shape index (κ3) is 3.44. The molecule has 1 N–H and O–H groups in total. The maximum atomic E-state index is 14.2. The minimum atomic E-state index is -1.27. The van der Waals surface area contributed by atoms with E-state index in [9.17, 15) is 19.5 Å². The molecule has 7 atom stereocenters. The topological polar surface area (TPSA) is 90.4 Å². The van der Waals surface area contributed by atoms with Crippen molar-refractivity contribution in [3.8, 4) is 0 Å². The number of likely N-dealkylation sites (tertiary alicyclic amines) is 1. The number of aliphatic hydroxyl groups excluding tert-OH is 1. The Hall–Kier alpha value is -2.19. The van der Waals surface area contributed by atoms with Crippen LogP contribution < -0.4 is 0 Å². The van der Waals surface area contributed by atoms with Gasteiger partial charge >= 0.3 is 0 Å². The van der Waals surface area contributed by atoms with Crippen LogP contribution in [0.4, 0.5) is 0 Å². The number of fused-ring (bicyclic) bond motifs is 2. The Bertz CT molecular complexity index is 916. The second-order valence-electron chi connectivity index (χ2n) is 10.9. The van der Waals surface area contributed by atoms with Crippen molar-refractivity contribution in [2.75, 3.05) is 26.7 Å². The molecule has 4 aliphatic rings. The van der Waals surface area contributed by atoms with Crippen molar-refractivity contribution in [2.24, 2.45) is 17.8 Å². The fourth-order valence-corrected chi connectivity index (χ4v) is 6.55. The summed E-state index contributed by atoms with van der Waals surface area (Å²) in [6, 6.07) is -1.49. The molecule has 8 nitrogen and oxygen atoms in total. The van der Waals surface area contributed by atoms with E-state index in [1.54, 1.807) is 16.8 Å². The van der Waals surface area contributed by atoms with Gasteiger partial charge in [0.1, 0.15) is 11.6 Å². The van der Waals surface area contributed by atoms with Gasteiger partial charge in [-0.3, -0.25) is 14.4 Å². The first kappa shape index (κ1) is 24.9. The van der Waals surface area contributed by atoms with E-state index in [1.165, 1.54) is 0 Å². The van der Waals surface area contributed by atoms with Gasteiger partial charge in [0.2, 0.25) is 17.7 Å². The molecule has 2 saturated heterocycles. The molecule has 188 valence electrons. The molecule has 8 heteroatoms. The minimum Gasteiger partial charge on any atom is -0.394 e. The number of amides is 3. The summed E-state index contributed by atoms with van der Waals surface area (Å²) in [6.07, 6.45) is 9.35. The van der Waals surface area contributed by atoms with Crippen LogP contribution in [-0.2, 0) is 19.1 Å². The van der Waals surface area contributed by atoms with E-state index in [4.69, 9.17) is 4.74 Å². The lowest BCUT2D eigenvalue weighted by atomic mass is 9.74. The molecule has 0 saturated carbocycles. The normalized spacial score (nSPS) is 37.0. The van der Waals surface area contributed by atoms with Gasteiger partial charge in [-0.2, -0.15) is 0 Å². The fourth-order valence-electron chi connectivity index (χ4n) is 6.55. The van der Waals surface area contributed by atoms with Gasteiger partial charge in [-0.1, -0.05) is 51.5 Å². The van der Waals surface area contributed by atoms with Crippen LogP contribution in [0.2, 0.25) is 0 Å². The lowest BCUT2D eigenvalue weighted by Gasteiger charge is -2.42.